The number of ether oxygens (including phenoxy) is 1. The van der Waals surface area contributed by atoms with Gasteiger partial charge in [0.15, 0.2) is 5.16 Å². The first-order chi connectivity index (χ1) is 15.4. The molecule has 2 heterocycles. The number of aryl methyl sites for hydroxylation is 1. The van der Waals surface area contributed by atoms with Crippen LogP contribution in [0.5, 0.6) is 5.75 Å². The predicted molar refractivity (Wildman–Crippen MR) is 132 cm³/mol. The molecule has 2 N–H and O–H groups in total. The number of rotatable bonds is 6. The molecule has 6 nitrogen and oxygen atoms in total. The molecule has 2 aromatic heterocycles. The molecule has 4 rings (SSSR count). The van der Waals surface area contributed by atoms with Crippen molar-refractivity contribution in [3.05, 3.63) is 68.8 Å². The second-order valence-corrected chi connectivity index (χ2v) is 9.76. The van der Waals surface area contributed by atoms with Gasteiger partial charge in [0.2, 0.25) is 5.91 Å². The van der Waals surface area contributed by atoms with Crippen LogP contribution >= 0.6 is 34.7 Å². The minimum Gasteiger partial charge on any atom is -0.495 e. The number of fused-ring (bicyclic) bond motifs is 1. The van der Waals surface area contributed by atoms with Crippen LogP contribution in [0.2, 0.25) is 5.02 Å². The Morgan fingerprint density at radius 1 is 1.25 bits per heavy atom. The summed E-state index contributed by atoms with van der Waals surface area (Å²) in [5.74, 6) is 0.300. The van der Waals surface area contributed by atoms with Crippen molar-refractivity contribution in [1.29, 1.82) is 0 Å². The van der Waals surface area contributed by atoms with Gasteiger partial charge in [-0.15, -0.1) is 11.3 Å². The van der Waals surface area contributed by atoms with Crippen molar-refractivity contribution in [3.63, 3.8) is 0 Å². The fraction of sp³-hybridized carbons (Fsp3) is 0.174. The number of aromatic amines is 1. The minimum atomic E-state index is -0.493. The summed E-state index contributed by atoms with van der Waals surface area (Å²) in [7, 11) is 1.53. The highest BCUT2D eigenvalue weighted by molar-refractivity contribution is 8.00. The summed E-state index contributed by atoms with van der Waals surface area (Å²) in [6, 6.07) is 13.0. The van der Waals surface area contributed by atoms with E-state index < -0.39 is 5.25 Å². The van der Waals surface area contributed by atoms with Gasteiger partial charge < -0.3 is 15.0 Å². The fourth-order valence-corrected chi connectivity index (χ4v) is 5.20. The van der Waals surface area contributed by atoms with Crippen molar-refractivity contribution >= 4 is 56.5 Å². The highest BCUT2D eigenvalue weighted by atomic mass is 35.5. The van der Waals surface area contributed by atoms with Crippen molar-refractivity contribution in [1.82, 2.24) is 9.97 Å². The number of amides is 1. The predicted octanol–water partition coefficient (Wildman–Crippen LogP) is 5.74. The van der Waals surface area contributed by atoms with Gasteiger partial charge in [0.25, 0.3) is 5.56 Å². The monoisotopic (exact) mass is 485 g/mol. The number of benzene rings is 2. The van der Waals surface area contributed by atoms with Crippen LogP contribution in [0, 0.1) is 6.92 Å². The molecule has 0 fully saturated rings. The first-order valence-electron chi connectivity index (χ1n) is 9.75. The standard InChI is InChI=1S/C23H20ClN3O3S2/c1-12-4-6-14(7-5-12)16-11-31-22-19(16)21(29)26-23(27-22)32-13(2)20(28)25-15-8-9-18(30-3)17(24)10-15/h4-11,13H,1-3H3,(H,25,28)(H,26,27,29). The number of thioether (sulfide) groups is 1. The largest absolute Gasteiger partial charge is 0.495 e. The van der Waals surface area contributed by atoms with Gasteiger partial charge in [0, 0.05) is 16.6 Å². The molecular formula is C23H20ClN3O3S2. The fourth-order valence-electron chi connectivity index (χ4n) is 3.14. The molecule has 9 heteroatoms. The molecule has 0 aliphatic heterocycles. The number of hydrogen-bond donors (Lipinski definition) is 2. The Bertz CT molecular complexity index is 1350. The maximum Gasteiger partial charge on any atom is 0.260 e. The van der Waals surface area contributed by atoms with Gasteiger partial charge in [-0.2, -0.15) is 0 Å². The number of thiophene rings is 1. The molecule has 0 saturated heterocycles. The number of halogens is 1. The van der Waals surface area contributed by atoms with Crippen molar-refractivity contribution in [2.75, 3.05) is 12.4 Å². The summed E-state index contributed by atoms with van der Waals surface area (Å²) in [6.07, 6.45) is 0. The van der Waals surface area contributed by atoms with E-state index in [-0.39, 0.29) is 11.5 Å². The van der Waals surface area contributed by atoms with Crippen molar-refractivity contribution in [3.8, 4) is 16.9 Å². The van der Waals surface area contributed by atoms with E-state index in [1.54, 1.807) is 25.1 Å². The Morgan fingerprint density at radius 3 is 2.69 bits per heavy atom. The van der Waals surface area contributed by atoms with Gasteiger partial charge in [-0.05, 0) is 37.6 Å². The molecule has 0 aliphatic rings. The van der Waals surface area contributed by atoms with Crippen molar-refractivity contribution < 1.29 is 9.53 Å². The van der Waals surface area contributed by atoms with Gasteiger partial charge in [-0.25, -0.2) is 4.98 Å². The number of carbonyl (C=O) groups is 1. The summed E-state index contributed by atoms with van der Waals surface area (Å²) in [4.78, 5) is 33.5. The Labute approximate surface area is 198 Å². The highest BCUT2D eigenvalue weighted by Gasteiger charge is 2.19. The third-order valence-electron chi connectivity index (χ3n) is 4.86. The molecule has 164 valence electrons. The van der Waals surface area contributed by atoms with E-state index in [0.29, 0.717) is 31.8 Å². The van der Waals surface area contributed by atoms with Gasteiger partial charge in [0.1, 0.15) is 10.6 Å². The second kappa shape index (κ2) is 9.36. The van der Waals surface area contributed by atoms with E-state index in [1.165, 1.54) is 30.2 Å². The smallest absolute Gasteiger partial charge is 0.260 e. The summed E-state index contributed by atoms with van der Waals surface area (Å²) in [6.45, 7) is 3.77. The Kier molecular flexibility index (Phi) is 6.55. The third-order valence-corrected chi connectivity index (χ3v) is 7.01. The zero-order chi connectivity index (χ0) is 22.8. The second-order valence-electron chi connectivity index (χ2n) is 7.17. The molecule has 4 aromatic rings. The number of aromatic nitrogens is 2. The lowest BCUT2D eigenvalue weighted by Crippen LogP contribution is -2.23. The van der Waals surface area contributed by atoms with Crippen LogP contribution in [-0.2, 0) is 4.79 Å². The molecule has 0 saturated carbocycles. The van der Waals surface area contributed by atoms with Gasteiger partial charge in [0.05, 0.1) is 22.8 Å². The summed E-state index contributed by atoms with van der Waals surface area (Å²) in [5, 5.41) is 5.63. The number of nitrogens with zero attached hydrogens (tertiary/aromatic N) is 1. The van der Waals surface area contributed by atoms with Crippen molar-refractivity contribution in [2.45, 2.75) is 24.3 Å². The van der Waals surface area contributed by atoms with Crippen LogP contribution in [0.4, 0.5) is 5.69 Å². The van der Waals surface area contributed by atoms with Crippen molar-refractivity contribution in [2.24, 2.45) is 0 Å². The zero-order valence-corrected chi connectivity index (χ0v) is 20.0. The van der Waals surface area contributed by atoms with Crippen LogP contribution < -0.4 is 15.6 Å². The molecule has 0 bridgehead atoms. The SMILES string of the molecule is COc1ccc(NC(=O)C(C)Sc2nc3scc(-c4ccc(C)cc4)c3c(=O)[nH]2)cc1Cl. The Balaban J connectivity index is 1.52. The van der Waals surface area contributed by atoms with E-state index in [4.69, 9.17) is 16.3 Å². The molecule has 1 unspecified atom stereocenters. The molecule has 32 heavy (non-hydrogen) atoms. The molecule has 0 radical (unpaired) electrons. The molecule has 0 spiro atoms. The number of nitrogens with one attached hydrogen (secondary N) is 2. The van der Waals surface area contributed by atoms with E-state index in [9.17, 15) is 9.59 Å². The lowest BCUT2D eigenvalue weighted by molar-refractivity contribution is -0.115. The average molecular weight is 486 g/mol. The number of anilines is 1. The molecule has 1 amide bonds. The first kappa shape index (κ1) is 22.4. The third kappa shape index (κ3) is 4.67. The number of methoxy groups -OCH3 is 1. The number of hydrogen-bond acceptors (Lipinski definition) is 6. The lowest BCUT2D eigenvalue weighted by Gasteiger charge is -2.12. The van der Waals surface area contributed by atoms with Crippen LogP contribution in [0.3, 0.4) is 0 Å². The number of H-pyrrole nitrogens is 1. The maximum atomic E-state index is 12.8. The normalized spacial score (nSPS) is 12.0. The summed E-state index contributed by atoms with van der Waals surface area (Å²) in [5.41, 5.74) is 3.33. The van der Waals surface area contributed by atoms with Crippen LogP contribution in [0.15, 0.2) is 57.8 Å². The summed E-state index contributed by atoms with van der Waals surface area (Å²) >= 11 is 8.72. The first-order valence-corrected chi connectivity index (χ1v) is 11.9. The Hall–Kier alpha value is -2.81. The van der Waals surface area contributed by atoms with Gasteiger partial charge in [-0.3, -0.25) is 9.59 Å². The maximum absolute atomic E-state index is 12.8. The van der Waals surface area contributed by atoms with E-state index >= 15 is 0 Å². The average Bonchev–Trinajstić information content (AvgIpc) is 3.19. The quantitative estimate of drug-likeness (QED) is 0.268. The zero-order valence-electron chi connectivity index (χ0n) is 17.6. The van der Waals surface area contributed by atoms with Crippen LogP contribution in [-0.4, -0.2) is 28.2 Å². The Morgan fingerprint density at radius 2 is 2.00 bits per heavy atom. The van der Waals surface area contributed by atoms with Crippen LogP contribution in [0.25, 0.3) is 21.3 Å². The lowest BCUT2D eigenvalue weighted by atomic mass is 10.1. The minimum absolute atomic E-state index is 0.219. The van der Waals surface area contributed by atoms with E-state index in [1.807, 2.05) is 36.6 Å². The van der Waals surface area contributed by atoms with Gasteiger partial charge in [-0.1, -0.05) is 53.2 Å². The topological polar surface area (TPSA) is 84.1 Å². The molecule has 2 aromatic carbocycles. The summed E-state index contributed by atoms with van der Waals surface area (Å²) < 4.78 is 5.12. The highest BCUT2D eigenvalue weighted by Crippen LogP contribution is 2.32. The van der Waals surface area contributed by atoms with Gasteiger partial charge >= 0.3 is 0 Å². The van der Waals surface area contributed by atoms with E-state index in [2.05, 4.69) is 15.3 Å². The number of carbonyl (C=O) groups excluding carboxylic acids is 1. The molecule has 0 aliphatic carbocycles. The van der Waals surface area contributed by atoms with E-state index in [0.717, 1.165) is 16.7 Å². The van der Waals surface area contributed by atoms with Crippen LogP contribution in [0.1, 0.15) is 12.5 Å². The molecular weight excluding hydrogens is 466 g/mol. The molecule has 1 atom stereocenters.